The van der Waals surface area contributed by atoms with Crippen LogP contribution in [0.15, 0.2) is 18.2 Å². The standard InChI is InChI=1S/C17H24N2O4/c1-12-5-3-6-13(18-12)10-23-15-9-19(16(20)11-21-2)14-7-4-8-22-17(14)15/h3,5-6,14-15,17H,4,7-11H2,1-2H3/t14-,15-,17+/m1/s1. The third-order valence-electron chi connectivity index (χ3n) is 4.46. The second-order valence-electron chi connectivity index (χ2n) is 6.14. The number of rotatable bonds is 5. The molecule has 3 rings (SSSR count). The fraction of sp³-hybridized carbons (Fsp3) is 0.647. The van der Waals surface area contributed by atoms with E-state index in [1.54, 1.807) is 7.11 Å². The molecule has 0 aliphatic carbocycles. The van der Waals surface area contributed by atoms with Crippen molar-refractivity contribution in [2.75, 3.05) is 26.9 Å². The van der Waals surface area contributed by atoms with Crippen LogP contribution in [0.25, 0.3) is 0 Å². The second-order valence-corrected chi connectivity index (χ2v) is 6.14. The Morgan fingerprint density at radius 3 is 3.13 bits per heavy atom. The van der Waals surface area contributed by atoms with Crippen LogP contribution in [0.4, 0.5) is 0 Å². The van der Waals surface area contributed by atoms with E-state index >= 15 is 0 Å². The van der Waals surface area contributed by atoms with Gasteiger partial charge in [0.05, 0.1) is 18.3 Å². The Hall–Kier alpha value is -1.50. The average molecular weight is 320 g/mol. The Bertz CT molecular complexity index is 551. The maximum Gasteiger partial charge on any atom is 0.248 e. The molecule has 0 bridgehead atoms. The zero-order valence-electron chi connectivity index (χ0n) is 13.7. The molecule has 6 heteroatoms. The Morgan fingerprint density at radius 1 is 1.48 bits per heavy atom. The van der Waals surface area contributed by atoms with Crippen LogP contribution in [0.1, 0.15) is 24.2 Å². The first-order valence-corrected chi connectivity index (χ1v) is 8.13. The number of aromatic nitrogens is 1. The van der Waals surface area contributed by atoms with Crippen molar-refractivity contribution in [2.24, 2.45) is 0 Å². The number of carbonyl (C=O) groups excluding carboxylic acids is 1. The highest BCUT2D eigenvalue weighted by molar-refractivity contribution is 5.78. The summed E-state index contributed by atoms with van der Waals surface area (Å²) in [5.41, 5.74) is 1.88. The van der Waals surface area contributed by atoms with Gasteiger partial charge in [-0.3, -0.25) is 9.78 Å². The molecule has 126 valence electrons. The maximum absolute atomic E-state index is 12.2. The lowest BCUT2D eigenvalue weighted by atomic mass is 10.0. The topological polar surface area (TPSA) is 60.9 Å². The largest absolute Gasteiger partial charge is 0.375 e. The molecule has 1 aromatic heterocycles. The quantitative estimate of drug-likeness (QED) is 0.819. The van der Waals surface area contributed by atoms with Crippen LogP contribution >= 0.6 is 0 Å². The number of amides is 1. The maximum atomic E-state index is 12.2. The lowest BCUT2D eigenvalue weighted by Crippen LogP contribution is -2.44. The van der Waals surface area contributed by atoms with E-state index in [-0.39, 0.29) is 30.8 Å². The van der Waals surface area contributed by atoms with Gasteiger partial charge in [-0.15, -0.1) is 0 Å². The fourth-order valence-corrected chi connectivity index (χ4v) is 3.42. The number of hydrogen-bond acceptors (Lipinski definition) is 5. The van der Waals surface area contributed by atoms with E-state index in [2.05, 4.69) is 4.98 Å². The van der Waals surface area contributed by atoms with Crippen LogP contribution in [0.3, 0.4) is 0 Å². The van der Waals surface area contributed by atoms with Crippen molar-refractivity contribution in [2.45, 2.75) is 44.6 Å². The van der Waals surface area contributed by atoms with E-state index in [4.69, 9.17) is 14.2 Å². The van der Waals surface area contributed by atoms with E-state index in [9.17, 15) is 4.79 Å². The molecule has 1 aromatic rings. The molecule has 3 atom stereocenters. The van der Waals surface area contributed by atoms with Gasteiger partial charge in [0.1, 0.15) is 18.8 Å². The van der Waals surface area contributed by atoms with Crippen LogP contribution in [0.2, 0.25) is 0 Å². The molecular weight excluding hydrogens is 296 g/mol. The van der Waals surface area contributed by atoms with Gasteiger partial charge in [-0.25, -0.2) is 0 Å². The van der Waals surface area contributed by atoms with E-state index in [1.165, 1.54) is 0 Å². The average Bonchev–Trinajstić information content (AvgIpc) is 2.92. The third-order valence-corrected chi connectivity index (χ3v) is 4.46. The van der Waals surface area contributed by atoms with Gasteiger partial charge in [0.15, 0.2) is 0 Å². The molecule has 0 radical (unpaired) electrons. The molecule has 3 heterocycles. The molecule has 0 aromatic carbocycles. The highest BCUT2D eigenvalue weighted by Gasteiger charge is 2.46. The minimum absolute atomic E-state index is 0.00720. The summed E-state index contributed by atoms with van der Waals surface area (Å²) in [6.45, 7) is 3.80. The van der Waals surface area contributed by atoms with Gasteiger partial charge in [-0.1, -0.05) is 6.07 Å². The zero-order valence-corrected chi connectivity index (χ0v) is 13.7. The van der Waals surface area contributed by atoms with Crippen molar-refractivity contribution in [3.63, 3.8) is 0 Å². The Labute approximate surface area is 136 Å². The van der Waals surface area contributed by atoms with Crippen LogP contribution in [0, 0.1) is 6.92 Å². The van der Waals surface area contributed by atoms with E-state index in [0.29, 0.717) is 13.2 Å². The SMILES string of the molecule is COCC(=O)N1C[C@@H](OCc2cccc(C)n2)[C@H]2OCCC[C@H]21. The van der Waals surface area contributed by atoms with Crippen LogP contribution < -0.4 is 0 Å². The predicted molar refractivity (Wildman–Crippen MR) is 83.9 cm³/mol. The van der Waals surface area contributed by atoms with Crippen molar-refractivity contribution in [1.82, 2.24) is 9.88 Å². The Kier molecular flexibility index (Phi) is 5.25. The molecule has 0 unspecified atom stereocenters. The summed E-state index contributed by atoms with van der Waals surface area (Å²) in [5, 5.41) is 0. The van der Waals surface area contributed by atoms with Crippen LogP contribution in [-0.4, -0.2) is 60.9 Å². The normalized spacial score (nSPS) is 27.0. The molecule has 0 saturated carbocycles. The number of aryl methyl sites for hydroxylation is 1. The number of methoxy groups -OCH3 is 1. The number of carbonyl (C=O) groups is 1. The summed E-state index contributed by atoms with van der Waals surface area (Å²) in [6.07, 6.45) is 1.78. The van der Waals surface area contributed by atoms with E-state index in [1.807, 2.05) is 30.0 Å². The zero-order chi connectivity index (χ0) is 16.2. The van der Waals surface area contributed by atoms with Crippen molar-refractivity contribution in [3.8, 4) is 0 Å². The Balaban J connectivity index is 1.65. The predicted octanol–water partition coefficient (Wildman–Crippen LogP) is 1.31. The lowest BCUT2D eigenvalue weighted by Gasteiger charge is -2.32. The van der Waals surface area contributed by atoms with Crippen molar-refractivity contribution in [1.29, 1.82) is 0 Å². The summed E-state index contributed by atoms with van der Waals surface area (Å²) in [4.78, 5) is 18.6. The number of nitrogens with zero attached hydrogens (tertiary/aromatic N) is 2. The number of pyridine rings is 1. The monoisotopic (exact) mass is 320 g/mol. The number of hydrogen-bond donors (Lipinski definition) is 0. The minimum Gasteiger partial charge on any atom is -0.375 e. The van der Waals surface area contributed by atoms with Gasteiger partial charge < -0.3 is 19.1 Å². The molecule has 2 aliphatic rings. The third kappa shape index (κ3) is 3.71. The van der Waals surface area contributed by atoms with Crippen molar-refractivity contribution >= 4 is 5.91 Å². The summed E-state index contributed by atoms with van der Waals surface area (Å²) in [7, 11) is 1.54. The van der Waals surface area contributed by atoms with Crippen LogP contribution in [0.5, 0.6) is 0 Å². The molecule has 0 N–H and O–H groups in total. The first-order chi connectivity index (χ1) is 11.2. The summed E-state index contributed by atoms with van der Waals surface area (Å²) < 4.78 is 16.9. The fourth-order valence-electron chi connectivity index (χ4n) is 3.42. The van der Waals surface area contributed by atoms with Gasteiger partial charge in [0.2, 0.25) is 5.91 Å². The van der Waals surface area contributed by atoms with Gasteiger partial charge in [-0.05, 0) is 31.9 Å². The second kappa shape index (κ2) is 7.38. The smallest absolute Gasteiger partial charge is 0.248 e. The molecule has 2 fully saturated rings. The molecule has 0 spiro atoms. The van der Waals surface area contributed by atoms with E-state index < -0.39 is 0 Å². The van der Waals surface area contributed by atoms with Crippen molar-refractivity contribution in [3.05, 3.63) is 29.6 Å². The lowest BCUT2D eigenvalue weighted by molar-refractivity contribution is -0.138. The minimum atomic E-state index is -0.108. The molecule has 6 nitrogen and oxygen atoms in total. The number of fused-ring (bicyclic) bond motifs is 1. The first-order valence-electron chi connectivity index (χ1n) is 8.13. The molecule has 2 aliphatic heterocycles. The van der Waals surface area contributed by atoms with Gasteiger partial charge >= 0.3 is 0 Å². The highest BCUT2D eigenvalue weighted by atomic mass is 16.5. The molecule has 2 saturated heterocycles. The van der Waals surface area contributed by atoms with Crippen LogP contribution in [-0.2, 0) is 25.6 Å². The first kappa shape index (κ1) is 16.4. The molecule has 1 amide bonds. The van der Waals surface area contributed by atoms with E-state index in [0.717, 1.165) is 30.8 Å². The van der Waals surface area contributed by atoms with Gasteiger partial charge in [-0.2, -0.15) is 0 Å². The highest BCUT2D eigenvalue weighted by Crippen LogP contribution is 2.31. The number of ether oxygens (including phenoxy) is 3. The Morgan fingerprint density at radius 2 is 2.35 bits per heavy atom. The van der Waals surface area contributed by atoms with Gasteiger partial charge in [0, 0.05) is 26.0 Å². The number of likely N-dealkylation sites (tertiary alicyclic amines) is 1. The summed E-state index contributed by atoms with van der Waals surface area (Å²) in [5.74, 6) is 0.00720. The van der Waals surface area contributed by atoms with Gasteiger partial charge in [0.25, 0.3) is 0 Å². The summed E-state index contributed by atoms with van der Waals surface area (Å²) >= 11 is 0. The summed E-state index contributed by atoms with van der Waals surface area (Å²) in [6, 6.07) is 5.99. The van der Waals surface area contributed by atoms with Crippen molar-refractivity contribution < 1.29 is 19.0 Å². The molecule has 23 heavy (non-hydrogen) atoms. The molecular formula is C17H24N2O4.